The van der Waals surface area contributed by atoms with Gasteiger partial charge in [0.1, 0.15) is 11.7 Å². The Kier molecular flexibility index (Phi) is 2.54. The Hall–Kier alpha value is -0.810. The molecule has 1 rings (SSSR count). The number of hydrogen-bond donors (Lipinski definition) is 0. The molecule has 1 aromatic rings. The normalized spacial score (nSPS) is 10.2. The Balaban J connectivity index is 3.28. The van der Waals surface area contributed by atoms with Crippen molar-refractivity contribution in [3.05, 3.63) is 21.0 Å². The van der Waals surface area contributed by atoms with Crippen molar-refractivity contribution in [1.82, 2.24) is 9.78 Å². The maximum absolute atomic E-state index is 10.4. The van der Waals surface area contributed by atoms with Gasteiger partial charge in [0.05, 0.1) is 4.92 Å². The van der Waals surface area contributed by atoms with Gasteiger partial charge in [0.15, 0.2) is 0 Å². The molecular weight excluding hydrogens is 205 g/mol. The van der Waals surface area contributed by atoms with Crippen molar-refractivity contribution in [2.24, 2.45) is 0 Å². The molecule has 0 amide bonds. The lowest BCUT2D eigenvalue weighted by atomic mass is 10.4. The van der Waals surface area contributed by atoms with Crippen LogP contribution >= 0.6 is 23.2 Å². The Labute approximate surface area is 78.0 Å². The zero-order valence-electron chi connectivity index (χ0n) is 6.12. The van der Waals surface area contributed by atoms with E-state index in [1.165, 1.54) is 4.68 Å². The van der Waals surface area contributed by atoms with E-state index < -0.39 is 4.92 Å². The molecule has 66 valence electrons. The van der Waals surface area contributed by atoms with Gasteiger partial charge in [-0.2, -0.15) is 5.10 Å². The van der Waals surface area contributed by atoms with Crippen LogP contribution in [0, 0.1) is 17.0 Å². The quantitative estimate of drug-likeness (QED) is 0.425. The minimum absolute atomic E-state index is 0.0550. The number of rotatable bonds is 2. The lowest BCUT2D eigenvalue weighted by molar-refractivity contribution is -0.385. The van der Waals surface area contributed by atoms with E-state index in [0.717, 1.165) is 0 Å². The third kappa shape index (κ3) is 1.37. The van der Waals surface area contributed by atoms with Crippen molar-refractivity contribution >= 4 is 28.9 Å². The van der Waals surface area contributed by atoms with E-state index in [9.17, 15) is 10.1 Å². The molecule has 12 heavy (non-hydrogen) atoms. The van der Waals surface area contributed by atoms with Crippen molar-refractivity contribution in [3.8, 4) is 0 Å². The molecule has 0 bridgehead atoms. The summed E-state index contributed by atoms with van der Waals surface area (Å²) in [5.74, 6) is 0. The van der Waals surface area contributed by atoms with Crippen LogP contribution in [0.3, 0.4) is 0 Å². The first-order valence-electron chi connectivity index (χ1n) is 3.01. The molecule has 0 N–H and O–H groups in total. The van der Waals surface area contributed by atoms with Gasteiger partial charge in [0, 0.05) is 0 Å². The van der Waals surface area contributed by atoms with E-state index in [1.54, 1.807) is 6.92 Å². The first kappa shape index (κ1) is 9.28. The maximum Gasteiger partial charge on any atom is 0.328 e. The second kappa shape index (κ2) is 3.28. The molecular formula is C5H5Cl2N3O2. The second-order valence-electron chi connectivity index (χ2n) is 2.10. The summed E-state index contributed by atoms with van der Waals surface area (Å²) >= 11 is 10.9. The zero-order valence-corrected chi connectivity index (χ0v) is 7.63. The molecule has 0 spiro atoms. The summed E-state index contributed by atoms with van der Waals surface area (Å²) in [6, 6.07) is 0.0550. The monoisotopic (exact) mass is 209 g/mol. The average Bonchev–Trinajstić information content (AvgIpc) is 2.25. The van der Waals surface area contributed by atoms with Crippen molar-refractivity contribution in [3.63, 3.8) is 0 Å². The summed E-state index contributed by atoms with van der Waals surface area (Å²) in [5, 5.41) is 13.9. The van der Waals surface area contributed by atoms with Gasteiger partial charge in [-0.05, 0) is 6.92 Å². The molecule has 0 saturated heterocycles. The lowest BCUT2D eigenvalue weighted by Crippen LogP contribution is -1.97. The number of halogens is 2. The van der Waals surface area contributed by atoms with Crippen molar-refractivity contribution in [1.29, 1.82) is 0 Å². The molecule has 1 aromatic heterocycles. The molecule has 0 unspecified atom stereocenters. The van der Waals surface area contributed by atoms with Crippen LogP contribution in [0.15, 0.2) is 0 Å². The van der Waals surface area contributed by atoms with Gasteiger partial charge in [-0.15, -0.1) is 11.6 Å². The summed E-state index contributed by atoms with van der Waals surface area (Å²) in [4.78, 5) is 9.82. The van der Waals surface area contributed by atoms with E-state index in [4.69, 9.17) is 23.2 Å². The minimum atomic E-state index is -0.576. The fourth-order valence-electron chi connectivity index (χ4n) is 0.824. The Morgan fingerprint density at radius 2 is 2.33 bits per heavy atom. The Morgan fingerprint density at radius 3 is 2.58 bits per heavy atom. The number of aromatic nitrogens is 2. The molecule has 0 aliphatic heterocycles. The summed E-state index contributed by atoms with van der Waals surface area (Å²) in [5.41, 5.74) is 0.178. The fraction of sp³-hybridized carbons (Fsp3) is 0.400. The van der Waals surface area contributed by atoms with Gasteiger partial charge in [0.2, 0.25) is 5.15 Å². The molecule has 0 radical (unpaired) electrons. The van der Waals surface area contributed by atoms with Crippen LogP contribution in [-0.4, -0.2) is 14.7 Å². The van der Waals surface area contributed by atoms with Crippen LogP contribution in [0.2, 0.25) is 5.15 Å². The predicted octanol–water partition coefficient (Wildman–Crippen LogP) is 1.95. The SMILES string of the molecule is Cc1c([N+](=O)[O-])c(Cl)nn1CCl. The van der Waals surface area contributed by atoms with Crippen LogP contribution in [0.25, 0.3) is 0 Å². The average molecular weight is 210 g/mol. The first-order valence-corrected chi connectivity index (χ1v) is 3.92. The van der Waals surface area contributed by atoms with E-state index in [-0.39, 0.29) is 16.8 Å². The van der Waals surface area contributed by atoms with E-state index in [2.05, 4.69) is 5.10 Å². The van der Waals surface area contributed by atoms with Gasteiger partial charge >= 0.3 is 5.69 Å². The predicted molar refractivity (Wildman–Crippen MR) is 44.5 cm³/mol. The Morgan fingerprint density at radius 1 is 1.75 bits per heavy atom. The highest BCUT2D eigenvalue weighted by atomic mass is 35.5. The third-order valence-electron chi connectivity index (χ3n) is 1.43. The number of nitro groups is 1. The highest BCUT2D eigenvalue weighted by Gasteiger charge is 2.22. The number of nitrogens with zero attached hydrogens (tertiary/aromatic N) is 3. The topological polar surface area (TPSA) is 61.0 Å². The van der Waals surface area contributed by atoms with Crippen molar-refractivity contribution < 1.29 is 4.92 Å². The van der Waals surface area contributed by atoms with Crippen molar-refractivity contribution in [2.45, 2.75) is 12.9 Å². The summed E-state index contributed by atoms with van der Waals surface area (Å²) in [7, 11) is 0. The molecule has 1 heterocycles. The van der Waals surface area contributed by atoms with Gasteiger partial charge in [0.25, 0.3) is 0 Å². The van der Waals surface area contributed by atoms with Gasteiger partial charge in [-0.3, -0.25) is 10.1 Å². The van der Waals surface area contributed by atoms with Gasteiger partial charge in [-0.25, -0.2) is 4.68 Å². The number of hydrogen-bond acceptors (Lipinski definition) is 3. The Bertz CT molecular complexity index is 323. The minimum Gasteiger partial charge on any atom is -0.258 e. The number of alkyl halides is 1. The van der Waals surface area contributed by atoms with Crippen LogP contribution in [0.5, 0.6) is 0 Å². The molecule has 7 heteroatoms. The molecule has 0 aliphatic carbocycles. The van der Waals surface area contributed by atoms with E-state index in [1.807, 2.05) is 0 Å². The van der Waals surface area contributed by atoms with Crippen LogP contribution < -0.4 is 0 Å². The molecule has 0 fully saturated rings. The lowest BCUT2D eigenvalue weighted by Gasteiger charge is -1.93. The van der Waals surface area contributed by atoms with Gasteiger partial charge < -0.3 is 0 Å². The molecule has 0 aromatic carbocycles. The summed E-state index contributed by atoms with van der Waals surface area (Å²) < 4.78 is 1.27. The van der Waals surface area contributed by atoms with E-state index in [0.29, 0.717) is 5.69 Å². The third-order valence-corrected chi connectivity index (χ3v) is 1.91. The van der Waals surface area contributed by atoms with Crippen molar-refractivity contribution in [2.75, 3.05) is 0 Å². The molecule has 0 atom stereocenters. The van der Waals surface area contributed by atoms with Crippen LogP contribution in [0.4, 0.5) is 5.69 Å². The smallest absolute Gasteiger partial charge is 0.258 e. The highest BCUT2D eigenvalue weighted by molar-refractivity contribution is 6.31. The van der Waals surface area contributed by atoms with Crippen LogP contribution in [-0.2, 0) is 6.00 Å². The molecule has 0 aliphatic rings. The molecule has 5 nitrogen and oxygen atoms in total. The standard InChI is InChI=1S/C5H5Cl2N3O2/c1-3-4(10(11)12)5(7)8-9(3)2-6/h2H2,1H3. The second-order valence-corrected chi connectivity index (χ2v) is 2.70. The molecule has 0 saturated carbocycles. The van der Waals surface area contributed by atoms with Gasteiger partial charge in [-0.1, -0.05) is 11.6 Å². The summed E-state index contributed by atoms with van der Waals surface area (Å²) in [6.45, 7) is 1.54. The zero-order chi connectivity index (χ0) is 9.30. The van der Waals surface area contributed by atoms with E-state index >= 15 is 0 Å². The summed E-state index contributed by atoms with van der Waals surface area (Å²) in [6.07, 6.45) is 0. The fourth-order valence-corrected chi connectivity index (χ4v) is 1.35. The highest BCUT2D eigenvalue weighted by Crippen LogP contribution is 2.26. The van der Waals surface area contributed by atoms with Crippen LogP contribution in [0.1, 0.15) is 5.69 Å². The largest absolute Gasteiger partial charge is 0.328 e. The maximum atomic E-state index is 10.4. The first-order chi connectivity index (χ1) is 5.57.